The van der Waals surface area contributed by atoms with Crippen LogP contribution in [0.1, 0.15) is 15.9 Å². The molecule has 1 aliphatic rings. The molecule has 0 spiro atoms. The maximum Gasteiger partial charge on any atom is 0.232 e. The van der Waals surface area contributed by atoms with Gasteiger partial charge in [0.25, 0.3) is 0 Å². The number of ketones is 1. The fourth-order valence-corrected chi connectivity index (χ4v) is 4.21. The molecule has 0 aliphatic carbocycles. The number of hydrogen-bond donors (Lipinski definition) is 0. The Morgan fingerprint density at radius 1 is 0.897 bits per heavy atom. The van der Waals surface area contributed by atoms with E-state index >= 15 is 0 Å². The second kappa shape index (κ2) is 9.25. The van der Waals surface area contributed by atoms with Crippen molar-refractivity contribution in [2.45, 2.75) is 12.7 Å². The molecule has 0 saturated carbocycles. The van der Waals surface area contributed by atoms with Crippen LogP contribution in [0.4, 0.5) is 0 Å². The molecule has 0 N–H and O–H groups in total. The number of rotatable bonds is 8. The van der Waals surface area contributed by atoms with Crippen LogP contribution in [0.25, 0.3) is 10.8 Å². The SMILES string of the molecule is O=C(CSCC(=O)N1CC(OCc2cccc3ccccc23)C1)c1ccccc1. The highest BCUT2D eigenvalue weighted by atomic mass is 32.2. The zero-order valence-electron chi connectivity index (χ0n) is 16.1. The van der Waals surface area contributed by atoms with Crippen molar-refractivity contribution in [3.63, 3.8) is 0 Å². The molecule has 0 bridgehead atoms. The minimum absolute atomic E-state index is 0.0586. The molecule has 0 atom stereocenters. The maximum absolute atomic E-state index is 12.3. The summed E-state index contributed by atoms with van der Waals surface area (Å²) in [6.07, 6.45) is 0.0777. The number of carbonyl (C=O) groups is 2. The number of amides is 1. The highest BCUT2D eigenvalue weighted by Gasteiger charge is 2.31. The number of thioether (sulfide) groups is 1. The first-order valence-corrected chi connectivity index (χ1v) is 10.9. The van der Waals surface area contributed by atoms with Gasteiger partial charge in [0, 0.05) is 18.7 Å². The monoisotopic (exact) mass is 405 g/mol. The largest absolute Gasteiger partial charge is 0.370 e. The number of nitrogens with zero attached hydrogens (tertiary/aromatic N) is 1. The zero-order chi connectivity index (χ0) is 20.1. The third kappa shape index (κ3) is 4.86. The maximum atomic E-state index is 12.3. The summed E-state index contributed by atoms with van der Waals surface area (Å²) >= 11 is 1.37. The molecule has 1 heterocycles. The molecule has 4 nitrogen and oxygen atoms in total. The second-order valence-corrected chi connectivity index (χ2v) is 8.14. The van der Waals surface area contributed by atoms with Crippen molar-refractivity contribution in [2.75, 3.05) is 24.6 Å². The summed E-state index contributed by atoms with van der Waals surface area (Å²) in [5.74, 6) is 0.781. The van der Waals surface area contributed by atoms with E-state index in [1.54, 1.807) is 17.0 Å². The summed E-state index contributed by atoms with van der Waals surface area (Å²) in [7, 11) is 0. The van der Waals surface area contributed by atoms with Crippen LogP contribution < -0.4 is 0 Å². The van der Waals surface area contributed by atoms with Crippen LogP contribution in [0.15, 0.2) is 72.8 Å². The van der Waals surface area contributed by atoms with Crippen LogP contribution in [-0.2, 0) is 16.1 Å². The van der Waals surface area contributed by atoms with Crippen molar-refractivity contribution in [1.29, 1.82) is 0 Å². The third-order valence-corrected chi connectivity index (χ3v) is 6.03. The van der Waals surface area contributed by atoms with Crippen LogP contribution in [0, 0.1) is 0 Å². The normalized spacial score (nSPS) is 14.0. The average molecular weight is 406 g/mol. The Bertz CT molecular complexity index is 994. The molecule has 0 aromatic heterocycles. The van der Waals surface area contributed by atoms with Crippen LogP contribution in [-0.4, -0.2) is 47.3 Å². The van der Waals surface area contributed by atoms with Crippen molar-refractivity contribution in [1.82, 2.24) is 4.90 Å². The Labute approximate surface area is 174 Å². The molecule has 1 saturated heterocycles. The molecule has 3 aromatic rings. The van der Waals surface area contributed by atoms with E-state index in [9.17, 15) is 9.59 Å². The number of fused-ring (bicyclic) bond motifs is 1. The quantitative estimate of drug-likeness (QED) is 0.528. The van der Waals surface area contributed by atoms with Crippen molar-refractivity contribution in [3.8, 4) is 0 Å². The molecule has 0 unspecified atom stereocenters. The summed E-state index contributed by atoms with van der Waals surface area (Å²) in [6, 6.07) is 23.7. The van der Waals surface area contributed by atoms with Crippen LogP contribution >= 0.6 is 11.8 Å². The third-order valence-electron chi connectivity index (χ3n) is 5.11. The second-order valence-electron chi connectivity index (χ2n) is 7.15. The molecule has 29 heavy (non-hydrogen) atoms. The van der Waals surface area contributed by atoms with Gasteiger partial charge in [-0.15, -0.1) is 11.8 Å². The Balaban J connectivity index is 1.18. The summed E-state index contributed by atoms with van der Waals surface area (Å²) in [4.78, 5) is 26.2. The molecule has 148 valence electrons. The lowest BCUT2D eigenvalue weighted by atomic mass is 10.1. The van der Waals surface area contributed by atoms with Crippen LogP contribution in [0.2, 0.25) is 0 Å². The predicted octanol–water partition coefficient (Wildman–Crippen LogP) is 4.18. The minimum Gasteiger partial charge on any atom is -0.370 e. The van der Waals surface area contributed by atoms with Gasteiger partial charge < -0.3 is 9.64 Å². The summed E-state index contributed by atoms with van der Waals surface area (Å²) < 4.78 is 6.00. The van der Waals surface area contributed by atoms with Gasteiger partial charge in [0.1, 0.15) is 0 Å². The highest BCUT2D eigenvalue weighted by Crippen LogP contribution is 2.21. The van der Waals surface area contributed by atoms with E-state index in [2.05, 4.69) is 24.3 Å². The van der Waals surface area contributed by atoms with Gasteiger partial charge in [0.15, 0.2) is 5.78 Å². The fraction of sp³-hybridized carbons (Fsp3) is 0.250. The first-order valence-electron chi connectivity index (χ1n) is 9.73. The lowest BCUT2D eigenvalue weighted by molar-refractivity contribution is -0.142. The van der Waals surface area contributed by atoms with Crippen molar-refractivity contribution >= 4 is 34.2 Å². The highest BCUT2D eigenvalue weighted by molar-refractivity contribution is 8.00. The van der Waals surface area contributed by atoms with Crippen LogP contribution in [0.5, 0.6) is 0 Å². The lowest BCUT2D eigenvalue weighted by Crippen LogP contribution is -2.55. The van der Waals surface area contributed by atoms with E-state index in [0.29, 0.717) is 36.8 Å². The minimum atomic E-state index is 0.0586. The van der Waals surface area contributed by atoms with Gasteiger partial charge in [-0.1, -0.05) is 72.8 Å². The molecule has 0 radical (unpaired) electrons. The number of ether oxygens (including phenoxy) is 1. The molecule has 3 aromatic carbocycles. The van der Waals surface area contributed by atoms with Crippen molar-refractivity contribution < 1.29 is 14.3 Å². The first kappa shape index (κ1) is 19.7. The fourth-order valence-electron chi connectivity index (χ4n) is 3.40. The van der Waals surface area contributed by atoms with Gasteiger partial charge in [0.2, 0.25) is 5.91 Å². The standard InChI is InChI=1S/C24H23NO3S/c26-23(19-8-2-1-3-9-19)16-29-17-24(27)25-13-21(14-25)28-15-20-11-6-10-18-7-4-5-12-22(18)20/h1-12,21H,13-17H2. The Kier molecular flexibility index (Phi) is 6.27. The molecule has 1 aliphatic heterocycles. The topological polar surface area (TPSA) is 46.6 Å². The number of carbonyl (C=O) groups excluding carboxylic acids is 2. The Morgan fingerprint density at radius 3 is 2.45 bits per heavy atom. The van der Waals surface area contributed by atoms with Gasteiger partial charge in [-0.25, -0.2) is 0 Å². The molecular formula is C24H23NO3S. The lowest BCUT2D eigenvalue weighted by Gasteiger charge is -2.39. The molecule has 1 fully saturated rings. The predicted molar refractivity (Wildman–Crippen MR) is 117 cm³/mol. The van der Waals surface area contributed by atoms with E-state index < -0.39 is 0 Å². The summed E-state index contributed by atoms with van der Waals surface area (Å²) in [6.45, 7) is 1.79. The van der Waals surface area contributed by atoms with E-state index in [-0.39, 0.29) is 17.8 Å². The number of hydrogen-bond acceptors (Lipinski definition) is 4. The molecule has 5 heteroatoms. The van der Waals surface area contributed by atoms with Crippen LogP contribution in [0.3, 0.4) is 0 Å². The molecule has 4 rings (SSSR count). The molecule has 1 amide bonds. The Hall–Kier alpha value is -2.63. The number of Topliss-reactive ketones (excluding diaryl/α,β-unsaturated/α-hetero) is 1. The molecular weight excluding hydrogens is 382 g/mol. The van der Waals surface area contributed by atoms with Crippen molar-refractivity contribution in [2.24, 2.45) is 0 Å². The summed E-state index contributed by atoms with van der Waals surface area (Å²) in [5.41, 5.74) is 1.86. The van der Waals surface area contributed by atoms with E-state index in [1.165, 1.54) is 28.1 Å². The van der Waals surface area contributed by atoms with E-state index in [0.717, 1.165) is 0 Å². The van der Waals surface area contributed by atoms with Gasteiger partial charge in [-0.05, 0) is 16.3 Å². The average Bonchev–Trinajstić information content (AvgIpc) is 2.73. The van der Waals surface area contributed by atoms with Gasteiger partial charge in [0.05, 0.1) is 24.2 Å². The van der Waals surface area contributed by atoms with E-state index in [4.69, 9.17) is 4.74 Å². The number of benzene rings is 3. The Morgan fingerprint density at radius 2 is 1.62 bits per heavy atom. The summed E-state index contributed by atoms with van der Waals surface area (Å²) in [5, 5.41) is 2.42. The van der Waals surface area contributed by atoms with Gasteiger partial charge in [-0.3, -0.25) is 9.59 Å². The number of likely N-dealkylation sites (tertiary alicyclic amines) is 1. The van der Waals surface area contributed by atoms with Gasteiger partial charge in [-0.2, -0.15) is 0 Å². The van der Waals surface area contributed by atoms with Crippen molar-refractivity contribution in [3.05, 3.63) is 83.9 Å². The van der Waals surface area contributed by atoms with Gasteiger partial charge >= 0.3 is 0 Å². The smallest absolute Gasteiger partial charge is 0.232 e. The zero-order valence-corrected chi connectivity index (χ0v) is 16.9. The first-order chi connectivity index (χ1) is 14.2. The van der Waals surface area contributed by atoms with E-state index in [1.807, 2.05) is 36.4 Å².